The Kier molecular flexibility index (Phi) is 6.94. The molecular formula is C15H28ClN3O2. The van der Waals surface area contributed by atoms with Crippen molar-refractivity contribution >= 4 is 24.2 Å². The van der Waals surface area contributed by atoms with Gasteiger partial charge in [-0.25, -0.2) is 0 Å². The lowest BCUT2D eigenvalue weighted by atomic mass is 9.89. The van der Waals surface area contributed by atoms with E-state index in [2.05, 4.69) is 10.6 Å². The first-order valence-corrected chi connectivity index (χ1v) is 7.73. The van der Waals surface area contributed by atoms with Gasteiger partial charge in [0.15, 0.2) is 0 Å². The highest BCUT2D eigenvalue weighted by molar-refractivity contribution is 5.85. The molecule has 2 unspecified atom stereocenters. The van der Waals surface area contributed by atoms with Gasteiger partial charge in [-0.15, -0.1) is 12.4 Å². The minimum atomic E-state index is -0.0822. The Hall–Kier alpha value is -0.810. The number of carbonyl (C=O) groups is 2. The van der Waals surface area contributed by atoms with Crippen LogP contribution in [0.25, 0.3) is 0 Å². The average Bonchev–Trinajstić information content (AvgIpc) is 2.67. The highest BCUT2D eigenvalue weighted by Gasteiger charge is 2.34. The van der Waals surface area contributed by atoms with Gasteiger partial charge in [0.05, 0.1) is 6.54 Å². The number of nitrogens with one attached hydrogen (secondary N) is 2. The van der Waals surface area contributed by atoms with Crippen molar-refractivity contribution in [2.45, 2.75) is 64.1 Å². The Morgan fingerprint density at radius 1 is 1.24 bits per heavy atom. The molecule has 0 saturated carbocycles. The van der Waals surface area contributed by atoms with Crippen molar-refractivity contribution in [2.75, 3.05) is 13.6 Å². The van der Waals surface area contributed by atoms with Crippen molar-refractivity contribution in [1.82, 2.24) is 15.5 Å². The van der Waals surface area contributed by atoms with E-state index in [1.807, 2.05) is 13.8 Å². The molecule has 2 N–H and O–H groups in total. The van der Waals surface area contributed by atoms with Crippen molar-refractivity contribution in [3.8, 4) is 0 Å². The van der Waals surface area contributed by atoms with Crippen LogP contribution in [0.3, 0.4) is 0 Å². The van der Waals surface area contributed by atoms with Crippen molar-refractivity contribution in [2.24, 2.45) is 5.92 Å². The van der Waals surface area contributed by atoms with Gasteiger partial charge in [0.1, 0.15) is 0 Å². The summed E-state index contributed by atoms with van der Waals surface area (Å²) >= 11 is 0. The van der Waals surface area contributed by atoms with Crippen molar-refractivity contribution in [1.29, 1.82) is 0 Å². The van der Waals surface area contributed by atoms with Gasteiger partial charge in [-0.2, -0.15) is 0 Å². The number of halogens is 1. The number of likely N-dealkylation sites (N-methyl/N-ethyl adjacent to an activating group) is 1. The second kappa shape index (κ2) is 7.99. The highest BCUT2D eigenvalue weighted by Crippen LogP contribution is 2.32. The molecule has 21 heavy (non-hydrogen) atoms. The van der Waals surface area contributed by atoms with Crippen LogP contribution in [0.2, 0.25) is 0 Å². The van der Waals surface area contributed by atoms with Crippen LogP contribution in [-0.4, -0.2) is 48.4 Å². The maximum absolute atomic E-state index is 12.2. The van der Waals surface area contributed by atoms with Crippen LogP contribution in [0.1, 0.15) is 46.0 Å². The molecule has 2 rings (SSSR count). The molecule has 0 aliphatic carbocycles. The van der Waals surface area contributed by atoms with E-state index in [1.54, 1.807) is 11.9 Å². The van der Waals surface area contributed by atoms with Crippen LogP contribution in [0.4, 0.5) is 0 Å². The van der Waals surface area contributed by atoms with Gasteiger partial charge in [-0.05, 0) is 45.4 Å². The zero-order valence-corrected chi connectivity index (χ0v) is 14.0. The lowest BCUT2D eigenvalue weighted by Crippen LogP contribution is -2.43. The minimum absolute atomic E-state index is 0. The van der Waals surface area contributed by atoms with Gasteiger partial charge in [-0.3, -0.25) is 9.59 Å². The molecule has 0 aromatic rings. The van der Waals surface area contributed by atoms with Crippen LogP contribution >= 0.6 is 12.4 Å². The predicted octanol–water partition coefficient (Wildman–Crippen LogP) is 1.31. The third kappa shape index (κ3) is 5.47. The summed E-state index contributed by atoms with van der Waals surface area (Å²) in [5.74, 6) is 0.494. The van der Waals surface area contributed by atoms with Gasteiger partial charge in [0.25, 0.3) is 0 Å². The molecule has 2 aliphatic heterocycles. The quantitative estimate of drug-likeness (QED) is 0.804. The van der Waals surface area contributed by atoms with Crippen LogP contribution in [-0.2, 0) is 9.59 Å². The molecule has 0 aromatic carbocycles. The van der Waals surface area contributed by atoms with Gasteiger partial charge in [-0.1, -0.05) is 0 Å². The van der Waals surface area contributed by atoms with E-state index < -0.39 is 0 Å². The van der Waals surface area contributed by atoms with E-state index in [0.717, 1.165) is 12.8 Å². The Morgan fingerprint density at radius 3 is 2.33 bits per heavy atom. The summed E-state index contributed by atoms with van der Waals surface area (Å²) in [6.45, 7) is 4.00. The second-order valence-electron chi connectivity index (χ2n) is 6.65. The Bertz CT molecular complexity index is 364. The zero-order chi connectivity index (χ0) is 14.7. The van der Waals surface area contributed by atoms with E-state index in [-0.39, 0.29) is 36.8 Å². The fraction of sp³-hybridized carbons (Fsp3) is 0.867. The maximum Gasteiger partial charge on any atom is 0.239 e. The van der Waals surface area contributed by atoms with Crippen LogP contribution in [0.5, 0.6) is 0 Å². The summed E-state index contributed by atoms with van der Waals surface area (Å²) in [5.41, 5.74) is 0. The zero-order valence-electron chi connectivity index (χ0n) is 13.2. The minimum Gasteiger partial charge on any atom is -0.352 e. The normalized spacial score (nSPS) is 27.1. The van der Waals surface area contributed by atoms with Gasteiger partial charge in [0, 0.05) is 31.6 Å². The molecule has 5 nitrogen and oxygen atoms in total. The fourth-order valence-electron chi connectivity index (χ4n) is 3.42. The smallest absolute Gasteiger partial charge is 0.239 e. The van der Waals surface area contributed by atoms with Crippen LogP contribution in [0, 0.1) is 5.92 Å². The average molecular weight is 318 g/mol. The lowest BCUT2D eigenvalue weighted by Gasteiger charge is -2.29. The van der Waals surface area contributed by atoms with Crippen LogP contribution in [0.15, 0.2) is 0 Å². The molecule has 0 radical (unpaired) electrons. The molecular weight excluding hydrogens is 290 g/mol. The molecule has 2 bridgehead atoms. The SMILES string of the molecule is CC(C)NC(=O)CN(C)C(=O)CC1CC2CCC(C1)N2.Cl. The molecule has 0 aromatic heterocycles. The number of hydrogen-bond donors (Lipinski definition) is 2. The maximum atomic E-state index is 12.2. The standard InChI is InChI=1S/C15H27N3O2.ClH/c1-10(2)16-14(19)9-18(3)15(20)8-11-6-12-4-5-13(7-11)17-12;/h10-13,17H,4-9H2,1-3H3,(H,16,19);1H. The summed E-state index contributed by atoms with van der Waals surface area (Å²) in [6.07, 6.45) is 5.30. The van der Waals surface area contributed by atoms with E-state index in [0.29, 0.717) is 24.4 Å². The highest BCUT2D eigenvalue weighted by atomic mass is 35.5. The summed E-state index contributed by atoms with van der Waals surface area (Å²) in [6, 6.07) is 1.34. The van der Waals surface area contributed by atoms with E-state index >= 15 is 0 Å². The number of rotatable bonds is 5. The Labute approximate surface area is 133 Å². The summed E-state index contributed by atoms with van der Waals surface area (Å²) < 4.78 is 0. The van der Waals surface area contributed by atoms with Crippen molar-refractivity contribution in [3.63, 3.8) is 0 Å². The van der Waals surface area contributed by atoms with E-state index in [9.17, 15) is 9.59 Å². The molecule has 0 spiro atoms. The molecule has 2 aliphatic rings. The van der Waals surface area contributed by atoms with Crippen molar-refractivity contribution in [3.05, 3.63) is 0 Å². The summed E-state index contributed by atoms with van der Waals surface area (Å²) in [7, 11) is 1.72. The first kappa shape index (κ1) is 18.2. The van der Waals surface area contributed by atoms with E-state index in [4.69, 9.17) is 0 Å². The molecule has 122 valence electrons. The lowest BCUT2D eigenvalue weighted by molar-refractivity contribution is -0.135. The number of carbonyl (C=O) groups excluding carboxylic acids is 2. The summed E-state index contributed by atoms with van der Waals surface area (Å²) in [4.78, 5) is 25.4. The first-order valence-electron chi connectivity index (χ1n) is 7.73. The molecule has 2 saturated heterocycles. The molecule has 2 atom stereocenters. The third-order valence-corrected chi connectivity index (χ3v) is 4.29. The molecule has 2 heterocycles. The van der Waals surface area contributed by atoms with Crippen LogP contribution < -0.4 is 10.6 Å². The third-order valence-electron chi connectivity index (χ3n) is 4.29. The number of piperidine rings is 1. The molecule has 2 amide bonds. The fourth-order valence-corrected chi connectivity index (χ4v) is 3.42. The number of nitrogens with zero attached hydrogens (tertiary/aromatic N) is 1. The predicted molar refractivity (Wildman–Crippen MR) is 85.5 cm³/mol. The monoisotopic (exact) mass is 317 g/mol. The summed E-state index contributed by atoms with van der Waals surface area (Å²) in [5, 5.41) is 6.40. The largest absolute Gasteiger partial charge is 0.352 e. The first-order chi connectivity index (χ1) is 9.44. The number of amides is 2. The molecule has 2 fully saturated rings. The van der Waals surface area contributed by atoms with Crippen molar-refractivity contribution < 1.29 is 9.59 Å². The topological polar surface area (TPSA) is 61.4 Å². The second-order valence-corrected chi connectivity index (χ2v) is 6.65. The van der Waals surface area contributed by atoms with Gasteiger partial charge in [0.2, 0.25) is 11.8 Å². The Balaban J connectivity index is 0.00000220. The number of hydrogen-bond acceptors (Lipinski definition) is 3. The molecule has 6 heteroatoms. The number of fused-ring (bicyclic) bond motifs is 2. The van der Waals surface area contributed by atoms with Gasteiger partial charge >= 0.3 is 0 Å². The van der Waals surface area contributed by atoms with E-state index in [1.165, 1.54) is 12.8 Å². The van der Waals surface area contributed by atoms with Gasteiger partial charge < -0.3 is 15.5 Å². The Morgan fingerprint density at radius 2 is 1.81 bits per heavy atom.